The van der Waals surface area contributed by atoms with Crippen molar-refractivity contribution in [3.63, 3.8) is 0 Å². The summed E-state index contributed by atoms with van der Waals surface area (Å²) < 4.78 is 12.1. The van der Waals surface area contributed by atoms with Crippen molar-refractivity contribution < 1.29 is 19.1 Å². The van der Waals surface area contributed by atoms with Crippen molar-refractivity contribution in [1.82, 2.24) is 5.32 Å². The van der Waals surface area contributed by atoms with Crippen LogP contribution < -0.4 is 15.0 Å². The lowest BCUT2D eigenvalue weighted by atomic mass is 9.95. The molecule has 1 N–H and O–H groups in total. The second-order valence-corrected chi connectivity index (χ2v) is 11.9. The molecule has 0 saturated heterocycles. The molecule has 1 aliphatic rings. The summed E-state index contributed by atoms with van der Waals surface area (Å²) >= 11 is 15.8. The van der Waals surface area contributed by atoms with E-state index in [1.807, 2.05) is 57.2 Å². The highest BCUT2D eigenvalue weighted by molar-refractivity contribution is 9.10. The van der Waals surface area contributed by atoms with Gasteiger partial charge in [-0.3, -0.25) is 9.69 Å². The molecule has 2 amide bonds. The van der Waals surface area contributed by atoms with E-state index < -0.39 is 17.7 Å². The molecule has 0 fully saturated rings. The van der Waals surface area contributed by atoms with Crippen LogP contribution in [0.5, 0.6) is 5.75 Å². The molecule has 0 aliphatic carbocycles. The van der Waals surface area contributed by atoms with Crippen molar-refractivity contribution in [3.05, 3.63) is 91.9 Å². The Balaban J connectivity index is 1.61. The van der Waals surface area contributed by atoms with Gasteiger partial charge in [0.1, 0.15) is 11.4 Å². The van der Waals surface area contributed by atoms with Crippen LogP contribution in [0.2, 0.25) is 10.0 Å². The van der Waals surface area contributed by atoms with Crippen molar-refractivity contribution in [2.45, 2.75) is 44.8 Å². The number of methoxy groups -OCH3 is 1. The minimum Gasteiger partial charge on any atom is -0.496 e. The number of nitrogens with zero attached hydrogens (tertiary/aromatic N) is 1. The van der Waals surface area contributed by atoms with E-state index in [1.54, 1.807) is 36.3 Å². The fourth-order valence-corrected chi connectivity index (χ4v) is 5.21. The van der Waals surface area contributed by atoms with Crippen LogP contribution in [-0.4, -0.2) is 31.3 Å². The highest BCUT2D eigenvalue weighted by Gasteiger charge is 2.36. The lowest BCUT2D eigenvalue weighted by Gasteiger charge is -2.25. The Hall–Kier alpha value is -2.74. The van der Waals surface area contributed by atoms with Gasteiger partial charge in [-0.25, -0.2) is 4.79 Å². The van der Waals surface area contributed by atoms with Gasteiger partial charge in [0.2, 0.25) is 5.91 Å². The molecule has 0 bridgehead atoms. The van der Waals surface area contributed by atoms with Gasteiger partial charge in [0.15, 0.2) is 0 Å². The molecule has 3 aromatic rings. The standard InChI is InChI=1S/C29H29BrCl2N2O4/c1-29(2,3)38-28(36)34-16-18(23-14-19(30)7-12-24(23)34)13-26(35)33-27(17-5-8-20(31)9-6-17)22-11-10-21(32)15-25(22)37-4/h5-12,14-15,18,27H,13,16H2,1-4H3,(H,33,35). The third-order valence-corrected chi connectivity index (χ3v) is 7.16. The van der Waals surface area contributed by atoms with Crippen LogP contribution in [-0.2, 0) is 9.53 Å². The third kappa shape index (κ3) is 6.63. The normalized spacial score (nSPS) is 15.6. The maximum Gasteiger partial charge on any atom is 0.414 e. The number of amides is 2. The van der Waals surface area contributed by atoms with Crippen LogP contribution >= 0.6 is 39.1 Å². The van der Waals surface area contributed by atoms with E-state index in [0.717, 1.165) is 26.9 Å². The lowest BCUT2D eigenvalue weighted by molar-refractivity contribution is -0.121. The zero-order valence-electron chi connectivity index (χ0n) is 21.6. The van der Waals surface area contributed by atoms with Gasteiger partial charge >= 0.3 is 6.09 Å². The van der Waals surface area contributed by atoms with Gasteiger partial charge in [0, 0.05) is 39.0 Å². The summed E-state index contributed by atoms with van der Waals surface area (Å²) in [7, 11) is 1.56. The number of fused-ring (bicyclic) bond motifs is 1. The average molecular weight is 620 g/mol. The number of rotatable bonds is 6. The Morgan fingerprint density at radius 1 is 1.05 bits per heavy atom. The number of hydrogen-bond acceptors (Lipinski definition) is 4. The van der Waals surface area contributed by atoms with Crippen LogP contribution in [0.1, 0.15) is 55.8 Å². The van der Waals surface area contributed by atoms with E-state index in [1.165, 1.54) is 0 Å². The van der Waals surface area contributed by atoms with Crippen molar-refractivity contribution in [2.75, 3.05) is 18.6 Å². The van der Waals surface area contributed by atoms with Crippen LogP contribution in [0, 0.1) is 0 Å². The van der Waals surface area contributed by atoms with E-state index in [2.05, 4.69) is 21.2 Å². The van der Waals surface area contributed by atoms with Crippen LogP contribution in [0.15, 0.2) is 65.1 Å². The van der Waals surface area contributed by atoms with E-state index in [9.17, 15) is 9.59 Å². The molecule has 200 valence electrons. The van der Waals surface area contributed by atoms with E-state index in [0.29, 0.717) is 22.3 Å². The Morgan fingerprint density at radius 3 is 2.39 bits per heavy atom. The quantitative estimate of drug-likeness (QED) is 0.304. The van der Waals surface area contributed by atoms with E-state index in [4.69, 9.17) is 32.7 Å². The zero-order chi connectivity index (χ0) is 27.6. The number of carbonyl (C=O) groups excluding carboxylic acids is 2. The van der Waals surface area contributed by atoms with Gasteiger partial charge in [-0.15, -0.1) is 0 Å². The predicted octanol–water partition coefficient (Wildman–Crippen LogP) is 7.90. The number of halogens is 3. The molecule has 0 saturated carbocycles. The highest BCUT2D eigenvalue weighted by Crippen LogP contribution is 2.41. The van der Waals surface area contributed by atoms with E-state index in [-0.39, 0.29) is 18.2 Å². The Morgan fingerprint density at radius 2 is 1.74 bits per heavy atom. The van der Waals surface area contributed by atoms with Gasteiger partial charge in [0.05, 0.1) is 18.8 Å². The summed E-state index contributed by atoms with van der Waals surface area (Å²) in [6, 6.07) is 17.8. The number of carbonyl (C=O) groups is 2. The molecule has 2 unspecified atom stereocenters. The second kappa shape index (κ2) is 11.6. The van der Waals surface area contributed by atoms with Gasteiger partial charge in [-0.05, 0) is 74.4 Å². The fourth-order valence-electron chi connectivity index (χ4n) is 4.54. The van der Waals surface area contributed by atoms with Crippen LogP contribution in [0.4, 0.5) is 10.5 Å². The first kappa shape index (κ1) is 28.3. The zero-order valence-corrected chi connectivity index (χ0v) is 24.7. The molecule has 9 heteroatoms. The van der Waals surface area contributed by atoms with Crippen LogP contribution in [0.3, 0.4) is 0 Å². The number of hydrogen-bond donors (Lipinski definition) is 1. The van der Waals surface area contributed by atoms with E-state index >= 15 is 0 Å². The second-order valence-electron chi connectivity index (χ2n) is 10.1. The summed E-state index contributed by atoms with van der Waals surface area (Å²) in [6.45, 7) is 5.83. The molecule has 0 aromatic heterocycles. The topological polar surface area (TPSA) is 67.9 Å². The van der Waals surface area contributed by atoms with Crippen molar-refractivity contribution in [1.29, 1.82) is 0 Å². The molecule has 0 spiro atoms. The summed E-state index contributed by atoms with van der Waals surface area (Å²) in [5, 5.41) is 4.29. The number of ether oxygens (including phenoxy) is 2. The highest BCUT2D eigenvalue weighted by atomic mass is 79.9. The van der Waals surface area contributed by atoms with Gasteiger partial charge in [0.25, 0.3) is 0 Å². The van der Waals surface area contributed by atoms with Gasteiger partial charge in [-0.2, -0.15) is 0 Å². The Kier molecular flexibility index (Phi) is 8.60. The monoisotopic (exact) mass is 618 g/mol. The maximum atomic E-state index is 13.5. The smallest absolute Gasteiger partial charge is 0.414 e. The summed E-state index contributed by atoms with van der Waals surface area (Å²) in [5.41, 5.74) is 2.62. The number of benzene rings is 3. The first-order chi connectivity index (χ1) is 17.9. The predicted molar refractivity (Wildman–Crippen MR) is 155 cm³/mol. The largest absolute Gasteiger partial charge is 0.496 e. The average Bonchev–Trinajstić information content (AvgIpc) is 3.19. The van der Waals surface area contributed by atoms with Crippen molar-refractivity contribution in [2.24, 2.45) is 0 Å². The molecular formula is C29H29BrCl2N2O4. The molecule has 1 heterocycles. The van der Waals surface area contributed by atoms with Gasteiger partial charge < -0.3 is 14.8 Å². The molecule has 4 rings (SSSR count). The Labute approximate surface area is 241 Å². The van der Waals surface area contributed by atoms with Crippen LogP contribution in [0.25, 0.3) is 0 Å². The fraction of sp³-hybridized carbons (Fsp3) is 0.310. The van der Waals surface area contributed by atoms with Crippen molar-refractivity contribution in [3.8, 4) is 5.75 Å². The Bertz CT molecular complexity index is 1340. The summed E-state index contributed by atoms with van der Waals surface area (Å²) in [4.78, 5) is 28.1. The summed E-state index contributed by atoms with van der Waals surface area (Å²) in [6.07, 6.45) is -0.267. The SMILES string of the molecule is COc1cc(Cl)ccc1C(NC(=O)CC1CN(C(=O)OC(C)(C)C)c2ccc(Br)cc21)c1ccc(Cl)cc1. The minimum absolute atomic E-state index is 0.169. The maximum absolute atomic E-state index is 13.5. The summed E-state index contributed by atoms with van der Waals surface area (Å²) in [5.74, 6) is 0.168. The minimum atomic E-state index is -0.633. The first-order valence-electron chi connectivity index (χ1n) is 12.1. The number of anilines is 1. The molecule has 2 atom stereocenters. The molecule has 0 radical (unpaired) electrons. The first-order valence-corrected chi connectivity index (χ1v) is 13.7. The molecule has 1 aliphatic heterocycles. The van der Waals surface area contributed by atoms with Gasteiger partial charge in [-0.1, -0.05) is 57.3 Å². The third-order valence-electron chi connectivity index (χ3n) is 6.18. The molecule has 38 heavy (non-hydrogen) atoms. The lowest BCUT2D eigenvalue weighted by Crippen LogP contribution is -2.37. The molecule has 3 aromatic carbocycles. The number of nitrogens with one attached hydrogen (secondary N) is 1. The molecular weight excluding hydrogens is 591 g/mol. The van der Waals surface area contributed by atoms with Crippen molar-refractivity contribution >= 4 is 56.8 Å². The molecule has 6 nitrogen and oxygen atoms in total.